The van der Waals surface area contributed by atoms with Gasteiger partial charge in [-0.15, -0.1) is 0 Å². The van der Waals surface area contributed by atoms with Crippen LogP contribution in [0.1, 0.15) is 0 Å². The zero-order chi connectivity index (χ0) is 12.3. The molecule has 0 spiro atoms. The lowest BCUT2D eigenvalue weighted by atomic mass is 10.3. The number of halogens is 1. The summed E-state index contributed by atoms with van der Waals surface area (Å²) in [4.78, 5) is 0. The van der Waals surface area contributed by atoms with Gasteiger partial charge in [0.2, 0.25) is 0 Å². The lowest BCUT2D eigenvalue weighted by Crippen LogP contribution is -2.08. The van der Waals surface area contributed by atoms with Crippen LogP contribution in [0.4, 0.5) is 4.39 Å². The van der Waals surface area contributed by atoms with E-state index in [1.54, 1.807) is 36.4 Å². The molecule has 0 bridgehead atoms. The van der Waals surface area contributed by atoms with Crippen LogP contribution in [0.15, 0.2) is 42.5 Å². The molecule has 1 N–H and O–H groups in total. The van der Waals surface area contributed by atoms with Crippen LogP contribution >= 0.6 is 8.58 Å². The average molecular weight is 250 g/mol. The van der Waals surface area contributed by atoms with Crippen LogP contribution in [-0.2, 0) is 0 Å². The van der Waals surface area contributed by atoms with Crippen molar-refractivity contribution in [3.8, 4) is 11.5 Å². The van der Waals surface area contributed by atoms with Gasteiger partial charge in [-0.25, -0.2) is 4.39 Å². The van der Waals surface area contributed by atoms with Gasteiger partial charge in [0.25, 0.3) is 0 Å². The van der Waals surface area contributed by atoms with Crippen LogP contribution in [0.3, 0.4) is 0 Å². The van der Waals surface area contributed by atoms with Gasteiger partial charge >= 0.3 is 0 Å². The molecule has 0 aliphatic rings. The van der Waals surface area contributed by atoms with Gasteiger partial charge in [-0.3, -0.25) is 0 Å². The van der Waals surface area contributed by atoms with E-state index in [0.29, 0.717) is 16.4 Å². The summed E-state index contributed by atoms with van der Waals surface area (Å²) >= 11 is 0. The van der Waals surface area contributed by atoms with Crippen molar-refractivity contribution in [2.24, 2.45) is 0 Å². The average Bonchev–Trinajstić information content (AvgIpc) is 2.34. The fourth-order valence-electron chi connectivity index (χ4n) is 1.50. The van der Waals surface area contributed by atoms with Crippen molar-refractivity contribution in [1.82, 2.24) is 0 Å². The van der Waals surface area contributed by atoms with Gasteiger partial charge in [0, 0.05) is 10.6 Å². The maximum atomic E-state index is 13.5. The number of methoxy groups -OCH3 is 1. The molecule has 0 radical (unpaired) electrons. The number of phenolic OH excluding ortho intramolecular Hbond substituents is 1. The molecule has 0 aliphatic carbocycles. The third-order valence-electron chi connectivity index (χ3n) is 2.36. The first-order valence-electron chi connectivity index (χ1n) is 5.10. The number of aromatic hydroxyl groups is 1. The van der Waals surface area contributed by atoms with Gasteiger partial charge in [0.15, 0.2) is 11.5 Å². The smallest absolute Gasteiger partial charge is 0.165 e. The highest BCUT2D eigenvalue weighted by Gasteiger charge is 2.09. The Morgan fingerprint density at radius 2 is 1.76 bits per heavy atom. The molecule has 1 unspecified atom stereocenters. The first kappa shape index (κ1) is 11.9. The monoisotopic (exact) mass is 250 g/mol. The van der Waals surface area contributed by atoms with Gasteiger partial charge in [0.05, 0.1) is 7.11 Å². The normalized spacial score (nSPS) is 10.9. The van der Waals surface area contributed by atoms with Crippen LogP contribution in [-0.4, -0.2) is 12.2 Å². The molecule has 0 aromatic heterocycles. The Hall–Kier alpha value is -1.60. The fourth-order valence-corrected chi connectivity index (χ4v) is 2.59. The molecule has 2 aromatic carbocycles. The van der Waals surface area contributed by atoms with Crippen molar-refractivity contribution in [2.45, 2.75) is 0 Å². The first-order chi connectivity index (χ1) is 8.22. The predicted molar refractivity (Wildman–Crippen MR) is 68.6 cm³/mol. The zero-order valence-electron chi connectivity index (χ0n) is 9.27. The molecule has 0 saturated carbocycles. The second kappa shape index (κ2) is 5.15. The number of phenols is 1. The lowest BCUT2D eigenvalue weighted by Gasteiger charge is -2.09. The number of para-hydroxylation sites is 1. The molecule has 17 heavy (non-hydrogen) atoms. The standard InChI is InChI=1S/C13H12FO2P/c1-16-10-6-4-8-12(13(10)15)17-11-7-3-2-5-9(11)14/h2-8,15,17H,1H3. The minimum atomic E-state index is -0.256. The molecule has 0 heterocycles. The molecule has 2 aromatic rings. The molecule has 88 valence electrons. The summed E-state index contributed by atoms with van der Waals surface area (Å²) in [7, 11) is 1.56. The summed E-state index contributed by atoms with van der Waals surface area (Å²) in [6, 6.07) is 11.8. The van der Waals surface area contributed by atoms with E-state index in [0.717, 1.165) is 0 Å². The van der Waals surface area contributed by atoms with E-state index in [1.807, 2.05) is 0 Å². The second-order valence-electron chi connectivity index (χ2n) is 3.46. The van der Waals surface area contributed by atoms with E-state index in [2.05, 4.69) is 0 Å². The number of hydrogen-bond donors (Lipinski definition) is 1. The molecule has 2 rings (SSSR count). The summed E-state index contributed by atoms with van der Waals surface area (Å²) in [5.41, 5.74) is 0. The van der Waals surface area contributed by atoms with E-state index in [1.165, 1.54) is 13.2 Å². The van der Waals surface area contributed by atoms with Gasteiger partial charge in [-0.1, -0.05) is 38.9 Å². The van der Waals surface area contributed by atoms with Gasteiger partial charge in [0.1, 0.15) is 5.82 Å². The summed E-state index contributed by atoms with van der Waals surface area (Å²) in [6.07, 6.45) is 0. The number of benzene rings is 2. The van der Waals surface area contributed by atoms with Crippen molar-refractivity contribution in [3.05, 3.63) is 48.3 Å². The summed E-state index contributed by atoms with van der Waals surface area (Å²) < 4.78 is 18.5. The Bertz CT molecular complexity index is 529. The highest BCUT2D eigenvalue weighted by Crippen LogP contribution is 2.28. The Labute approximate surface area is 101 Å². The van der Waals surface area contributed by atoms with Crippen molar-refractivity contribution >= 4 is 19.2 Å². The molecule has 0 fully saturated rings. The highest BCUT2D eigenvalue weighted by molar-refractivity contribution is 7.55. The molecular formula is C13H12FO2P. The predicted octanol–water partition coefficient (Wildman–Crippen LogP) is 2.17. The van der Waals surface area contributed by atoms with Gasteiger partial charge in [-0.2, -0.15) is 0 Å². The van der Waals surface area contributed by atoms with Crippen LogP contribution in [0.2, 0.25) is 0 Å². The fraction of sp³-hybridized carbons (Fsp3) is 0.0769. The molecule has 4 heteroatoms. The third kappa shape index (κ3) is 2.56. The van der Waals surface area contributed by atoms with Gasteiger partial charge < -0.3 is 9.84 Å². The van der Waals surface area contributed by atoms with Crippen molar-refractivity contribution in [3.63, 3.8) is 0 Å². The Morgan fingerprint density at radius 3 is 2.47 bits per heavy atom. The molecule has 0 saturated heterocycles. The number of ether oxygens (including phenoxy) is 1. The van der Waals surface area contributed by atoms with E-state index in [-0.39, 0.29) is 20.1 Å². The topological polar surface area (TPSA) is 29.5 Å². The minimum Gasteiger partial charge on any atom is -0.504 e. The maximum absolute atomic E-state index is 13.5. The van der Waals surface area contributed by atoms with Crippen molar-refractivity contribution in [1.29, 1.82) is 0 Å². The van der Waals surface area contributed by atoms with E-state index in [4.69, 9.17) is 4.74 Å². The molecule has 1 atom stereocenters. The van der Waals surface area contributed by atoms with Crippen molar-refractivity contribution < 1.29 is 14.2 Å². The Morgan fingerprint density at radius 1 is 1.06 bits per heavy atom. The SMILES string of the molecule is COc1cccc(Pc2ccccc2F)c1O. The first-order valence-corrected chi connectivity index (χ1v) is 6.10. The highest BCUT2D eigenvalue weighted by atomic mass is 31.1. The Balaban J connectivity index is 2.34. The molecule has 0 amide bonds. The zero-order valence-corrected chi connectivity index (χ0v) is 10.3. The van der Waals surface area contributed by atoms with Crippen molar-refractivity contribution in [2.75, 3.05) is 7.11 Å². The van der Waals surface area contributed by atoms with Crippen LogP contribution in [0.5, 0.6) is 11.5 Å². The maximum Gasteiger partial charge on any atom is 0.165 e. The van der Waals surface area contributed by atoms with E-state index in [9.17, 15) is 9.50 Å². The van der Waals surface area contributed by atoms with E-state index < -0.39 is 0 Å². The third-order valence-corrected chi connectivity index (χ3v) is 3.71. The summed E-state index contributed by atoms with van der Waals surface area (Å²) in [5.74, 6) is 0.232. The van der Waals surface area contributed by atoms with Crippen LogP contribution in [0, 0.1) is 5.82 Å². The second-order valence-corrected chi connectivity index (χ2v) is 4.79. The summed E-state index contributed by atoms with van der Waals surface area (Å²) in [5, 5.41) is 11.2. The summed E-state index contributed by atoms with van der Waals surface area (Å²) in [6.45, 7) is 0. The van der Waals surface area contributed by atoms with E-state index >= 15 is 0 Å². The molecule has 0 aliphatic heterocycles. The quantitative estimate of drug-likeness (QED) is 0.846. The van der Waals surface area contributed by atoms with Gasteiger partial charge in [-0.05, 0) is 12.1 Å². The lowest BCUT2D eigenvalue weighted by molar-refractivity contribution is 0.375. The van der Waals surface area contributed by atoms with Crippen LogP contribution < -0.4 is 15.3 Å². The number of rotatable bonds is 3. The minimum absolute atomic E-state index is 0.0688. The Kier molecular flexibility index (Phi) is 3.60. The molecule has 2 nitrogen and oxygen atoms in total. The molecular weight excluding hydrogens is 238 g/mol. The largest absolute Gasteiger partial charge is 0.504 e. The number of hydrogen-bond acceptors (Lipinski definition) is 2. The van der Waals surface area contributed by atoms with Crippen LogP contribution in [0.25, 0.3) is 0 Å².